The topological polar surface area (TPSA) is 106 Å². The van der Waals surface area contributed by atoms with Crippen LogP contribution in [0.1, 0.15) is 80.1 Å². The molecule has 6 N–H and O–H groups in total. The Balaban J connectivity index is 5.64. The van der Waals surface area contributed by atoms with Crippen LogP contribution in [0, 0.1) is 0 Å². The maximum absolute atomic E-state index is 6.47. The summed E-state index contributed by atoms with van der Waals surface area (Å²) in [6.45, 7) is 13.9. The van der Waals surface area contributed by atoms with Gasteiger partial charge in [-0.3, -0.25) is 0 Å². The Bertz CT molecular complexity index is 269. The molecule has 0 aromatic carbocycles. The minimum Gasteiger partial charge on any atom is -0.369 e. The molecule has 0 aromatic rings. The molecule has 7 heteroatoms. The predicted octanol–water partition coefficient (Wildman–Crippen LogP) is 2.31. The van der Waals surface area contributed by atoms with Gasteiger partial charge in [0.15, 0.2) is 0 Å². The fraction of sp³-hybridized carbons (Fsp3) is 1.00. The van der Waals surface area contributed by atoms with Gasteiger partial charge in [0.1, 0.15) is 0 Å². The standard InChI is InChI=1S/C18H43N3O3Si/c1-7-16(8-2,13-19)22-25(23-17(9-3,10-4)14-20)24-18(11-5,12-6)15-21/h25H,7-15,19-21H2,1-6H3. The molecule has 0 aliphatic rings. The summed E-state index contributed by atoms with van der Waals surface area (Å²) in [5.74, 6) is 0. The van der Waals surface area contributed by atoms with Crippen molar-refractivity contribution in [2.75, 3.05) is 19.6 Å². The fourth-order valence-electron chi connectivity index (χ4n) is 2.94. The summed E-state index contributed by atoms with van der Waals surface area (Å²) in [6, 6.07) is 0. The molecule has 25 heavy (non-hydrogen) atoms. The van der Waals surface area contributed by atoms with Gasteiger partial charge in [-0.15, -0.1) is 0 Å². The molecule has 0 bridgehead atoms. The lowest BCUT2D eigenvalue weighted by Gasteiger charge is -2.42. The Morgan fingerprint density at radius 2 is 0.720 bits per heavy atom. The maximum Gasteiger partial charge on any atom is 0.485 e. The van der Waals surface area contributed by atoms with Gasteiger partial charge in [0, 0.05) is 19.6 Å². The van der Waals surface area contributed by atoms with Crippen molar-refractivity contribution in [3.05, 3.63) is 0 Å². The lowest BCUT2D eigenvalue weighted by Crippen LogP contribution is -2.55. The summed E-state index contributed by atoms with van der Waals surface area (Å²) >= 11 is 0. The lowest BCUT2D eigenvalue weighted by atomic mass is 9.98. The largest absolute Gasteiger partial charge is 0.485 e. The van der Waals surface area contributed by atoms with Crippen molar-refractivity contribution in [2.24, 2.45) is 17.2 Å². The first-order valence-electron chi connectivity index (χ1n) is 9.97. The zero-order chi connectivity index (χ0) is 19.6. The van der Waals surface area contributed by atoms with E-state index in [4.69, 9.17) is 30.5 Å². The van der Waals surface area contributed by atoms with Crippen molar-refractivity contribution in [3.63, 3.8) is 0 Å². The van der Waals surface area contributed by atoms with E-state index >= 15 is 0 Å². The molecule has 0 aromatic heterocycles. The summed E-state index contributed by atoms with van der Waals surface area (Å²) < 4.78 is 19.4. The highest BCUT2D eigenvalue weighted by atomic mass is 28.3. The van der Waals surface area contributed by atoms with Gasteiger partial charge < -0.3 is 30.5 Å². The SMILES string of the molecule is CCC(CC)(CN)O[SiH](OC(CC)(CC)CN)OC(CC)(CC)CN. The smallest absolute Gasteiger partial charge is 0.369 e. The molecule has 152 valence electrons. The highest BCUT2D eigenvalue weighted by Gasteiger charge is 2.41. The number of rotatable bonds is 15. The Labute approximate surface area is 157 Å². The summed E-state index contributed by atoms with van der Waals surface area (Å²) in [6.07, 6.45) is 4.90. The molecule has 0 saturated heterocycles. The minimum absolute atomic E-state index is 0.416. The highest BCUT2D eigenvalue weighted by molar-refractivity contribution is 6.37. The van der Waals surface area contributed by atoms with Crippen molar-refractivity contribution in [2.45, 2.75) is 96.9 Å². The molecular weight excluding hydrogens is 334 g/mol. The van der Waals surface area contributed by atoms with Crippen LogP contribution in [-0.4, -0.2) is 46.0 Å². The average molecular weight is 378 g/mol. The third-order valence-corrected chi connectivity index (χ3v) is 8.10. The summed E-state index contributed by atoms with van der Waals surface area (Å²) in [5.41, 5.74) is 16.9. The van der Waals surface area contributed by atoms with Gasteiger partial charge in [0.25, 0.3) is 0 Å². The van der Waals surface area contributed by atoms with Crippen molar-refractivity contribution in [1.82, 2.24) is 0 Å². The molecule has 0 unspecified atom stereocenters. The van der Waals surface area contributed by atoms with Crippen LogP contribution < -0.4 is 17.2 Å². The second-order valence-electron chi connectivity index (χ2n) is 6.92. The molecule has 0 saturated carbocycles. The Kier molecular flexibility index (Phi) is 11.6. The summed E-state index contributed by atoms with van der Waals surface area (Å²) in [5, 5.41) is 0. The number of hydrogen-bond acceptors (Lipinski definition) is 6. The highest BCUT2D eigenvalue weighted by Crippen LogP contribution is 2.29. The Morgan fingerprint density at radius 3 is 0.840 bits per heavy atom. The molecule has 0 fully saturated rings. The van der Waals surface area contributed by atoms with Crippen LogP contribution in [0.2, 0.25) is 0 Å². The van der Waals surface area contributed by atoms with E-state index in [2.05, 4.69) is 41.5 Å². The molecule has 0 amide bonds. The van der Waals surface area contributed by atoms with Crippen LogP contribution in [-0.2, 0) is 13.3 Å². The molecule has 0 heterocycles. The average Bonchev–Trinajstić information content (AvgIpc) is 2.68. The van der Waals surface area contributed by atoms with Gasteiger partial charge in [-0.05, 0) is 38.5 Å². The molecule has 0 atom stereocenters. The first-order chi connectivity index (χ1) is 11.8. The maximum atomic E-state index is 6.47. The van der Waals surface area contributed by atoms with Crippen LogP contribution in [0.15, 0.2) is 0 Å². The normalized spacial score (nSPS) is 13.7. The number of nitrogens with two attached hydrogens (primary N) is 3. The zero-order valence-corrected chi connectivity index (χ0v) is 18.6. The van der Waals surface area contributed by atoms with Crippen molar-refractivity contribution < 1.29 is 13.3 Å². The Hall–Kier alpha value is -0.0231. The van der Waals surface area contributed by atoms with Gasteiger partial charge >= 0.3 is 9.53 Å². The van der Waals surface area contributed by atoms with E-state index in [0.29, 0.717) is 19.6 Å². The van der Waals surface area contributed by atoms with Crippen LogP contribution in [0.25, 0.3) is 0 Å². The van der Waals surface area contributed by atoms with E-state index in [1.54, 1.807) is 0 Å². The first-order valence-corrected chi connectivity index (χ1v) is 11.4. The van der Waals surface area contributed by atoms with E-state index in [-0.39, 0.29) is 0 Å². The molecule has 0 rings (SSSR count). The minimum atomic E-state index is -2.51. The van der Waals surface area contributed by atoms with E-state index in [1.165, 1.54) is 0 Å². The van der Waals surface area contributed by atoms with Gasteiger partial charge in [-0.25, -0.2) is 0 Å². The summed E-state index contributed by atoms with van der Waals surface area (Å²) in [7, 11) is -2.51. The van der Waals surface area contributed by atoms with Gasteiger partial charge in [0.2, 0.25) is 0 Å². The second kappa shape index (κ2) is 11.6. The van der Waals surface area contributed by atoms with Gasteiger partial charge in [-0.2, -0.15) is 0 Å². The zero-order valence-electron chi connectivity index (χ0n) is 17.4. The van der Waals surface area contributed by atoms with Gasteiger partial charge in [0.05, 0.1) is 16.8 Å². The monoisotopic (exact) mass is 377 g/mol. The van der Waals surface area contributed by atoms with E-state index in [9.17, 15) is 0 Å². The van der Waals surface area contributed by atoms with Crippen LogP contribution >= 0.6 is 0 Å². The molecular formula is C18H43N3O3Si. The molecule has 0 radical (unpaired) electrons. The second-order valence-corrected chi connectivity index (χ2v) is 8.21. The fourth-order valence-corrected chi connectivity index (χ4v) is 5.60. The predicted molar refractivity (Wildman–Crippen MR) is 108 cm³/mol. The number of hydrogen-bond donors (Lipinski definition) is 3. The van der Waals surface area contributed by atoms with Crippen molar-refractivity contribution >= 4 is 9.53 Å². The van der Waals surface area contributed by atoms with Crippen LogP contribution in [0.5, 0.6) is 0 Å². The molecule has 0 spiro atoms. The summed E-state index contributed by atoms with van der Waals surface area (Å²) in [4.78, 5) is 0. The molecule has 0 aliphatic heterocycles. The van der Waals surface area contributed by atoms with Crippen LogP contribution in [0.3, 0.4) is 0 Å². The van der Waals surface area contributed by atoms with E-state index in [0.717, 1.165) is 38.5 Å². The van der Waals surface area contributed by atoms with Crippen molar-refractivity contribution in [3.8, 4) is 0 Å². The Morgan fingerprint density at radius 1 is 0.520 bits per heavy atom. The molecule has 0 aliphatic carbocycles. The van der Waals surface area contributed by atoms with Gasteiger partial charge in [-0.1, -0.05) is 41.5 Å². The first kappa shape index (κ1) is 25.0. The van der Waals surface area contributed by atoms with Crippen molar-refractivity contribution in [1.29, 1.82) is 0 Å². The van der Waals surface area contributed by atoms with E-state index < -0.39 is 26.3 Å². The lowest BCUT2D eigenvalue weighted by molar-refractivity contribution is -0.0906. The molecule has 6 nitrogen and oxygen atoms in total. The third kappa shape index (κ3) is 6.57. The van der Waals surface area contributed by atoms with E-state index in [1.807, 2.05) is 0 Å². The van der Waals surface area contributed by atoms with Crippen LogP contribution in [0.4, 0.5) is 0 Å². The third-order valence-electron chi connectivity index (χ3n) is 6.02. The quantitative estimate of drug-likeness (QED) is 0.378.